The van der Waals surface area contributed by atoms with Crippen molar-refractivity contribution in [1.29, 1.82) is 0 Å². The van der Waals surface area contributed by atoms with E-state index in [0.29, 0.717) is 6.61 Å². The molecule has 0 spiro atoms. The van der Waals surface area contributed by atoms with E-state index >= 15 is 0 Å². The van der Waals surface area contributed by atoms with E-state index in [4.69, 9.17) is 4.74 Å². The maximum atomic E-state index is 12.5. The highest BCUT2D eigenvalue weighted by atomic mass is 16.5. The predicted molar refractivity (Wildman–Crippen MR) is 122 cm³/mol. The molecule has 3 aromatic carbocycles. The maximum Gasteiger partial charge on any atom is 0.123 e. The molecule has 1 fully saturated rings. The molecule has 0 bridgehead atoms. The molecular formula is C27H31NO2. The summed E-state index contributed by atoms with van der Waals surface area (Å²) < 4.78 is 5.64. The van der Waals surface area contributed by atoms with Crippen molar-refractivity contribution in [3.8, 4) is 5.75 Å². The van der Waals surface area contributed by atoms with Gasteiger partial charge in [-0.05, 0) is 61.7 Å². The first-order chi connectivity index (χ1) is 14.7. The van der Waals surface area contributed by atoms with Gasteiger partial charge in [0, 0.05) is 12.5 Å². The molecule has 3 heteroatoms. The number of ether oxygens (including phenoxy) is 1. The van der Waals surface area contributed by atoms with Crippen LogP contribution in [0.1, 0.15) is 42.4 Å². The molecule has 4 rings (SSSR count). The highest BCUT2D eigenvalue weighted by molar-refractivity contribution is 5.43. The van der Waals surface area contributed by atoms with E-state index in [1.165, 1.54) is 12.8 Å². The molecule has 2 atom stereocenters. The van der Waals surface area contributed by atoms with Crippen LogP contribution >= 0.6 is 0 Å². The summed E-state index contributed by atoms with van der Waals surface area (Å²) in [6, 6.07) is 28.5. The Bertz CT molecular complexity index is 905. The summed E-state index contributed by atoms with van der Waals surface area (Å²) in [5.41, 5.74) is 1.83. The SMILES string of the molecule is CCOc1ccc([C@@](O)(c2ccccc2)[C@H](CN2CCCC2)c2ccccc2)cc1. The lowest BCUT2D eigenvalue weighted by molar-refractivity contribution is 0.0366. The number of likely N-dealkylation sites (tertiary alicyclic amines) is 1. The average Bonchev–Trinajstić information content (AvgIpc) is 3.32. The molecule has 0 saturated carbocycles. The van der Waals surface area contributed by atoms with Crippen LogP contribution in [0.15, 0.2) is 84.9 Å². The molecule has 0 aromatic heterocycles. The first kappa shape index (κ1) is 20.6. The molecule has 0 radical (unpaired) electrons. The number of nitrogens with zero attached hydrogens (tertiary/aromatic N) is 1. The van der Waals surface area contributed by atoms with Gasteiger partial charge in [0.1, 0.15) is 11.4 Å². The lowest BCUT2D eigenvalue weighted by Crippen LogP contribution is -2.41. The van der Waals surface area contributed by atoms with Gasteiger partial charge >= 0.3 is 0 Å². The number of benzene rings is 3. The minimum Gasteiger partial charge on any atom is -0.494 e. The summed E-state index contributed by atoms with van der Waals surface area (Å²) in [6.07, 6.45) is 2.46. The Morgan fingerprint density at radius 2 is 1.40 bits per heavy atom. The van der Waals surface area contributed by atoms with Gasteiger partial charge in [0.25, 0.3) is 0 Å². The number of hydrogen-bond acceptors (Lipinski definition) is 3. The van der Waals surface area contributed by atoms with Gasteiger partial charge in [-0.1, -0.05) is 72.8 Å². The van der Waals surface area contributed by atoms with Crippen LogP contribution in [0.4, 0.5) is 0 Å². The van der Waals surface area contributed by atoms with Crippen LogP contribution in [0.5, 0.6) is 5.75 Å². The van der Waals surface area contributed by atoms with Crippen LogP contribution < -0.4 is 4.74 Å². The van der Waals surface area contributed by atoms with Gasteiger partial charge in [-0.25, -0.2) is 0 Å². The van der Waals surface area contributed by atoms with E-state index in [9.17, 15) is 5.11 Å². The van der Waals surface area contributed by atoms with E-state index in [1.54, 1.807) is 0 Å². The minimum absolute atomic E-state index is 0.0860. The van der Waals surface area contributed by atoms with Gasteiger partial charge in [0.2, 0.25) is 0 Å². The molecule has 1 aliphatic heterocycles. The van der Waals surface area contributed by atoms with Gasteiger partial charge < -0.3 is 14.7 Å². The fraction of sp³-hybridized carbons (Fsp3) is 0.333. The Labute approximate surface area is 179 Å². The van der Waals surface area contributed by atoms with Crippen molar-refractivity contribution in [1.82, 2.24) is 4.90 Å². The summed E-state index contributed by atoms with van der Waals surface area (Å²) in [7, 11) is 0. The summed E-state index contributed by atoms with van der Waals surface area (Å²) >= 11 is 0. The first-order valence-corrected chi connectivity index (χ1v) is 11.0. The van der Waals surface area contributed by atoms with Crippen molar-refractivity contribution in [2.75, 3.05) is 26.2 Å². The second kappa shape index (κ2) is 9.46. The van der Waals surface area contributed by atoms with E-state index in [0.717, 1.165) is 42.1 Å². The molecule has 1 aliphatic rings. The zero-order valence-electron chi connectivity index (χ0n) is 17.7. The minimum atomic E-state index is -1.14. The van der Waals surface area contributed by atoms with Crippen LogP contribution in [0, 0.1) is 0 Å². The molecule has 3 nitrogen and oxygen atoms in total. The van der Waals surface area contributed by atoms with E-state index < -0.39 is 5.60 Å². The standard InChI is InChI=1S/C27H31NO2/c1-2-30-25-17-15-24(16-18-25)27(29,23-13-7-4-8-14-23)26(21-28-19-9-10-20-28)22-11-5-3-6-12-22/h3-8,11-18,26,29H,2,9-10,19-21H2,1H3/t26-,27+/m1/s1. The first-order valence-electron chi connectivity index (χ1n) is 11.0. The van der Waals surface area contributed by atoms with E-state index in [-0.39, 0.29) is 5.92 Å². The Kier molecular flexibility index (Phi) is 6.51. The van der Waals surface area contributed by atoms with Gasteiger partial charge in [0.05, 0.1) is 6.61 Å². The summed E-state index contributed by atoms with van der Waals surface area (Å²) in [4.78, 5) is 2.49. The van der Waals surface area contributed by atoms with Gasteiger partial charge in [-0.3, -0.25) is 0 Å². The van der Waals surface area contributed by atoms with Crippen molar-refractivity contribution in [2.45, 2.75) is 31.3 Å². The van der Waals surface area contributed by atoms with Crippen LogP contribution in [0.2, 0.25) is 0 Å². The summed E-state index contributed by atoms with van der Waals surface area (Å²) in [5, 5.41) is 12.5. The second-order valence-electron chi connectivity index (χ2n) is 8.06. The second-order valence-corrected chi connectivity index (χ2v) is 8.06. The largest absolute Gasteiger partial charge is 0.494 e. The molecule has 1 heterocycles. The van der Waals surface area contributed by atoms with E-state index in [1.807, 2.05) is 67.6 Å². The quantitative estimate of drug-likeness (QED) is 0.563. The van der Waals surface area contributed by atoms with Crippen molar-refractivity contribution >= 4 is 0 Å². The average molecular weight is 402 g/mol. The normalized spacial score (nSPS) is 17.4. The zero-order valence-corrected chi connectivity index (χ0v) is 17.7. The Morgan fingerprint density at radius 3 is 2.00 bits per heavy atom. The lowest BCUT2D eigenvalue weighted by atomic mass is 9.72. The molecule has 0 unspecified atom stereocenters. The third-order valence-corrected chi connectivity index (χ3v) is 6.17. The number of hydrogen-bond donors (Lipinski definition) is 1. The number of aliphatic hydroxyl groups is 1. The van der Waals surface area contributed by atoms with Gasteiger partial charge in [0.15, 0.2) is 0 Å². The molecule has 1 saturated heterocycles. The van der Waals surface area contributed by atoms with Crippen molar-refractivity contribution in [2.24, 2.45) is 0 Å². The molecule has 1 N–H and O–H groups in total. The number of rotatable bonds is 8. The van der Waals surface area contributed by atoms with Crippen molar-refractivity contribution < 1.29 is 9.84 Å². The van der Waals surface area contributed by atoms with Crippen molar-refractivity contribution in [3.05, 3.63) is 102 Å². The molecule has 0 amide bonds. The highest BCUT2D eigenvalue weighted by Crippen LogP contribution is 2.43. The highest BCUT2D eigenvalue weighted by Gasteiger charge is 2.42. The van der Waals surface area contributed by atoms with Crippen LogP contribution in [0.25, 0.3) is 0 Å². The molecule has 0 aliphatic carbocycles. The Balaban J connectivity index is 1.83. The van der Waals surface area contributed by atoms with Gasteiger partial charge in [-0.2, -0.15) is 0 Å². The third-order valence-electron chi connectivity index (χ3n) is 6.17. The predicted octanol–water partition coefficient (Wildman–Crippen LogP) is 5.20. The fourth-order valence-electron chi connectivity index (χ4n) is 4.62. The Hall–Kier alpha value is -2.62. The monoisotopic (exact) mass is 401 g/mol. The van der Waals surface area contributed by atoms with E-state index in [2.05, 4.69) is 29.2 Å². The zero-order chi connectivity index (χ0) is 20.8. The molecule has 3 aromatic rings. The molecule has 30 heavy (non-hydrogen) atoms. The summed E-state index contributed by atoms with van der Waals surface area (Å²) in [5.74, 6) is 0.740. The molecule has 156 valence electrons. The third kappa shape index (κ3) is 4.28. The maximum absolute atomic E-state index is 12.5. The van der Waals surface area contributed by atoms with Crippen LogP contribution in [-0.4, -0.2) is 36.2 Å². The molecular weight excluding hydrogens is 370 g/mol. The van der Waals surface area contributed by atoms with Crippen molar-refractivity contribution in [3.63, 3.8) is 0 Å². The fourth-order valence-corrected chi connectivity index (χ4v) is 4.62. The Morgan fingerprint density at radius 1 is 0.833 bits per heavy atom. The summed E-state index contributed by atoms with van der Waals surface area (Å²) in [6.45, 7) is 5.62. The van der Waals surface area contributed by atoms with Crippen LogP contribution in [-0.2, 0) is 5.60 Å². The topological polar surface area (TPSA) is 32.7 Å². The lowest BCUT2D eigenvalue weighted by Gasteiger charge is -2.40. The van der Waals surface area contributed by atoms with Crippen LogP contribution in [0.3, 0.4) is 0 Å². The smallest absolute Gasteiger partial charge is 0.123 e. The van der Waals surface area contributed by atoms with Gasteiger partial charge in [-0.15, -0.1) is 0 Å².